The summed E-state index contributed by atoms with van der Waals surface area (Å²) in [5.41, 5.74) is 1.25. The van der Waals surface area contributed by atoms with Gasteiger partial charge in [-0.3, -0.25) is 18.5 Å². The quantitative estimate of drug-likeness (QED) is 0.469. The highest BCUT2D eigenvalue weighted by Gasteiger charge is 2.27. The zero-order valence-corrected chi connectivity index (χ0v) is 19.9. The molecule has 0 amide bonds. The fraction of sp³-hybridized carbons (Fsp3) is 0.333. The predicted molar refractivity (Wildman–Crippen MR) is 133 cm³/mol. The summed E-state index contributed by atoms with van der Waals surface area (Å²) >= 11 is 1.74. The van der Waals surface area contributed by atoms with Crippen molar-refractivity contribution in [2.45, 2.75) is 19.0 Å². The topological polar surface area (TPSA) is 101 Å². The minimum atomic E-state index is -0.415. The van der Waals surface area contributed by atoms with Gasteiger partial charge in [-0.05, 0) is 29.5 Å². The zero-order chi connectivity index (χ0) is 23.8. The van der Waals surface area contributed by atoms with Gasteiger partial charge in [0.2, 0.25) is 5.95 Å². The summed E-state index contributed by atoms with van der Waals surface area (Å²) in [5, 5.41) is 15.3. The number of nitrogens with one attached hydrogen (secondary N) is 1. The Hall–Kier alpha value is -3.68. The summed E-state index contributed by atoms with van der Waals surface area (Å²) in [6.45, 7) is 2.53. The number of aromatic nitrogens is 4. The summed E-state index contributed by atoms with van der Waals surface area (Å²) in [7, 11) is 3.11. The van der Waals surface area contributed by atoms with Crippen molar-refractivity contribution >= 4 is 28.4 Å². The van der Waals surface area contributed by atoms with Gasteiger partial charge in [0, 0.05) is 44.6 Å². The van der Waals surface area contributed by atoms with E-state index in [2.05, 4.69) is 33.8 Å². The number of hydrogen-bond acceptors (Lipinski definition) is 7. The van der Waals surface area contributed by atoms with Gasteiger partial charge in [0.25, 0.3) is 5.56 Å². The largest absolute Gasteiger partial charge is 0.339 e. The van der Waals surface area contributed by atoms with Gasteiger partial charge in [-0.25, -0.2) is 4.79 Å². The first-order valence-corrected chi connectivity index (χ1v) is 12.0. The summed E-state index contributed by atoms with van der Waals surface area (Å²) in [4.78, 5) is 34.1. The SMILES string of the molecule is Cn1c(=O)c2c(nc(N3CCNC(Cc4cccs4)C3)n2Cc2ccccc2C#N)n(C)c1=O. The van der Waals surface area contributed by atoms with Crippen LogP contribution in [0.5, 0.6) is 0 Å². The van der Waals surface area contributed by atoms with Gasteiger partial charge in [0.15, 0.2) is 11.2 Å². The van der Waals surface area contributed by atoms with E-state index in [0.29, 0.717) is 29.2 Å². The van der Waals surface area contributed by atoms with Crippen LogP contribution in [0.4, 0.5) is 5.95 Å². The van der Waals surface area contributed by atoms with E-state index in [4.69, 9.17) is 4.98 Å². The van der Waals surface area contributed by atoms with E-state index in [-0.39, 0.29) is 6.04 Å². The lowest BCUT2D eigenvalue weighted by molar-refractivity contribution is 0.449. The zero-order valence-electron chi connectivity index (χ0n) is 19.1. The molecular weight excluding hydrogens is 450 g/mol. The first kappa shape index (κ1) is 22.1. The number of anilines is 1. The molecule has 34 heavy (non-hydrogen) atoms. The number of nitriles is 1. The second-order valence-electron chi connectivity index (χ2n) is 8.53. The van der Waals surface area contributed by atoms with Gasteiger partial charge in [-0.15, -0.1) is 11.3 Å². The van der Waals surface area contributed by atoms with Gasteiger partial charge < -0.3 is 10.2 Å². The standard InChI is InChI=1S/C24H25N7O2S/c1-28-21-20(22(32)29(2)24(28)33)31(14-17-7-4-3-6-16(17)13-25)23(27-21)30-10-9-26-18(15-30)12-19-8-5-11-34-19/h3-8,11,18,26H,9-10,12,14-15H2,1-2H3. The second-order valence-corrected chi connectivity index (χ2v) is 9.56. The number of nitrogens with zero attached hydrogens (tertiary/aromatic N) is 6. The van der Waals surface area contributed by atoms with Crippen LogP contribution in [0.15, 0.2) is 51.4 Å². The average molecular weight is 476 g/mol. The van der Waals surface area contributed by atoms with Crippen LogP contribution in [0.2, 0.25) is 0 Å². The van der Waals surface area contributed by atoms with Crippen molar-refractivity contribution in [3.8, 4) is 6.07 Å². The first-order chi connectivity index (χ1) is 16.5. The fourth-order valence-electron chi connectivity index (χ4n) is 4.58. The Balaban J connectivity index is 1.63. The number of rotatable bonds is 5. The third-order valence-corrected chi connectivity index (χ3v) is 7.26. The molecule has 1 saturated heterocycles. The van der Waals surface area contributed by atoms with Crippen molar-refractivity contribution in [1.82, 2.24) is 24.0 Å². The van der Waals surface area contributed by atoms with Crippen molar-refractivity contribution in [2.24, 2.45) is 14.1 Å². The fourth-order valence-corrected chi connectivity index (χ4v) is 5.37. The second kappa shape index (κ2) is 8.93. The van der Waals surface area contributed by atoms with Gasteiger partial charge in [0.1, 0.15) is 0 Å². The lowest BCUT2D eigenvalue weighted by Crippen LogP contribution is -2.52. The van der Waals surface area contributed by atoms with Crippen LogP contribution in [0.25, 0.3) is 11.2 Å². The van der Waals surface area contributed by atoms with Crippen LogP contribution in [0.3, 0.4) is 0 Å². The molecule has 1 aliphatic rings. The Morgan fingerprint density at radius 3 is 2.76 bits per heavy atom. The monoisotopic (exact) mass is 475 g/mol. The Labute approximate surface area is 200 Å². The highest BCUT2D eigenvalue weighted by Crippen LogP contribution is 2.24. The van der Waals surface area contributed by atoms with Crippen LogP contribution in [0.1, 0.15) is 16.0 Å². The number of piperazine rings is 1. The number of hydrogen-bond donors (Lipinski definition) is 1. The molecule has 0 bridgehead atoms. The van der Waals surface area contributed by atoms with E-state index in [1.165, 1.54) is 16.5 Å². The molecule has 0 saturated carbocycles. The Bertz CT molecular complexity index is 1510. The minimum Gasteiger partial charge on any atom is -0.339 e. The molecule has 1 aromatic carbocycles. The van der Waals surface area contributed by atoms with E-state index in [1.807, 2.05) is 22.8 Å². The van der Waals surface area contributed by atoms with Gasteiger partial charge in [0.05, 0.1) is 18.2 Å². The van der Waals surface area contributed by atoms with Gasteiger partial charge >= 0.3 is 5.69 Å². The van der Waals surface area contributed by atoms with Crippen molar-refractivity contribution in [1.29, 1.82) is 5.26 Å². The van der Waals surface area contributed by atoms with Crippen molar-refractivity contribution < 1.29 is 0 Å². The summed E-state index contributed by atoms with van der Waals surface area (Å²) < 4.78 is 4.39. The molecule has 0 aliphatic carbocycles. The molecule has 4 heterocycles. The molecule has 1 fully saturated rings. The molecule has 1 atom stereocenters. The molecule has 1 unspecified atom stereocenters. The van der Waals surface area contributed by atoms with Gasteiger partial charge in [-0.2, -0.15) is 10.2 Å². The number of imidazole rings is 1. The summed E-state index contributed by atoms with van der Waals surface area (Å²) in [5.74, 6) is 0.638. The van der Waals surface area contributed by atoms with E-state index in [0.717, 1.165) is 36.2 Å². The third kappa shape index (κ3) is 3.83. The van der Waals surface area contributed by atoms with Crippen LogP contribution >= 0.6 is 11.3 Å². The third-order valence-electron chi connectivity index (χ3n) is 6.36. The van der Waals surface area contributed by atoms with Crippen LogP contribution in [-0.4, -0.2) is 44.4 Å². The predicted octanol–water partition coefficient (Wildman–Crippen LogP) is 1.44. The molecule has 9 nitrogen and oxygen atoms in total. The lowest BCUT2D eigenvalue weighted by atomic mass is 10.1. The molecule has 1 aliphatic heterocycles. The van der Waals surface area contributed by atoms with E-state index in [9.17, 15) is 14.9 Å². The normalized spacial score (nSPS) is 16.1. The Kier molecular flexibility index (Phi) is 5.81. The number of fused-ring (bicyclic) bond motifs is 1. The van der Waals surface area contributed by atoms with E-state index >= 15 is 0 Å². The Morgan fingerprint density at radius 2 is 2.00 bits per heavy atom. The number of aryl methyl sites for hydroxylation is 1. The van der Waals surface area contributed by atoms with Crippen LogP contribution in [0, 0.1) is 11.3 Å². The summed E-state index contributed by atoms with van der Waals surface area (Å²) in [6.07, 6.45) is 0.909. The summed E-state index contributed by atoms with van der Waals surface area (Å²) in [6, 6.07) is 14.0. The van der Waals surface area contributed by atoms with Crippen LogP contribution < -0.4 is 21.5 Å². The first-order valence-electron chi connectivity index (χ1n) is 11.1. The minimum absolute atomic E-state index is 0.235. The van der Waals surface area contributed by atoms with E-state index < -0.39 is 11.2 Å². The van der Waals surface area contributed by atoms with E-state index in [1.54, 1.807) is 24.5 Å². The maximum Gasteiger partial charge on any atom is 0.332 e. The number of benzene rings is 1. The molecular formula is C24H25N7O2S. The average Bonchev–Trinajstić information content (AvgIpc) is 3.50. The Morgan fingerprint density at radius 1 is 1.18 bits per heavy atom. The van der Waals surface area contributed by atoms with Crippen molar-refractivity contribution in [3.05, 3.63) is 78.6 Å². The smallest absolute Gasteiger partial charge is 0.332 e. The lowest BCUT2D eigenvalue weighted by Gasteiger charge is -2.34. The maximum atomic E-state index is 13.2. The maximum absolute atomic E-state index is 13.2. The molecule has 174 valence electrons. The van der Waals surface area contributed by atoms with Crippen molar-refractivity contribution in [2.75, 3.05) is 24.5 Å². The highest BCUT2D eigenvalue weighted by atomic mass is 32.1. The molecule has 5 rings (SSSR count). The highest BCUT2D eigenvalue weighted by molar-refractivity contribution is 7.09. The molecule has 10 heteroatoms. The molecule has 3 aromatic heterocycles. The molecule has 4 aromatic rings. The van der Waals surface area contributed by atoms with Crippen LogP contribution in [-0.2, 0) is 27.1 Å². The molecule has 0 spiro atoms. The molecule has 1 N–H and O–H groups in total. The molecule has 0 radical (unpaired) electrons. The van der Waals surface area contributed by atoms with Gasteiger partial charge in [-0.1, -0.05) is 24.3 Å². The van der Waals surface area contributed by atoms with Crippen molar-refractivity contribution in [3.63, 3.8) is 0 Å². The number of thiophene rings is 1.